The van der Waals surface area contributed by atoms with E-state index in [9.17, 15) is 4.39 Å². The van der Waals surface area contributed by atoms with E-state index < -0.39 is 0 Å². The van der Waals surface area contributed by atoms with Gasteiger partial charge in [-0.05, 0) is 35.9 Å². The van der Waals surface area contributed by atoms with Crippen molar-refractivity contribution < 1.29 is 9.13 Å². The molecule has 0 aliphatic heterocycles. The lowest BCUT2D eigenvalue weighted by Gasteiger charge is -2.10. The standard InChI is InChI=1S/C14H14FNO/c1-16-14-9-11(15)5-8-13(14)10-3-6-12(17-2)7-4-10/h3-9,16H,1-2H3. The molecule has 0 spiro atoms. The molecule has 0 aromatic heterocycles. The largest absolute Gasteiger partial charge is 0.497 e. The Bertz CT molecular complexity index is 508. The molecule has 17 heavy (non-hydrogen) atoms. The second-order valence-electron chi connectivity index (χ2n) is 3.67. The maximum absolute atomic E-state index is 13.1. The Morgan fingerprint density at radius 2 is 1.76 bits per heavy atom. The second kappa shape index (κ2) is 4.87. The Morgan fingerprint density at radius 3 is 2.35 bits per heavy atom. The molecule has 2 rings (SSSR count). The summed E-state index contributed by atoms with van der Waals surface area (Å²) in [4.78, 5) is 0. The van der Waals surface area contributed by atoms with Crippen molar-refractivity contribution in [2.24, 2.45) is 0 Å². The van der Waals surface area contributed by atoms with Gasteiger partial charge in [0.15, 0.2) is 0 Å². The van der Waals surface area contributed by atoms with E-state index in [0.717, 1.165) is 22.6 Å². The van der Waals surface area contributed by atoms with Crippen LogP contribution in [0.25, 0.3) is 11.1 Å². The molecule has 0 atom stereocenters. The first-order valence-electron chi connectivity index (χ1n) is 5.36. The summed E-state index contributed by atoms with van der Waals surface area (Å²) >= 11 is 0. The van der Waals surface area contributed by atoms with E-state index in [1.165, 1.54) is 12.1 Å². The molecule has 0 saturated carbocycles. The summed E-state index contributed by atoms with van der Waals surface area (Å²) < 4.78 is 18.2. The first-order chi connectivity index (χ1) is 8.24. The van der Waals surface area contributed by atoms with Crippen molar-refractivity contribution in [3.05, 3.63) is 48.3 Å². The van der Waals surface area contributed by atoms with Gasteiger partial charge in [-0.2, -0.15) is 0 Å². The highest BCUT2D eigenvalue weighted by molar-refractivity contribution is 5.78. The van der Waals surface area contributed by atoms with Crippen LogP contribution >= 0.6 is 0 Å². The molecule has 0 radical (unpaired) electrons. The molecule has 3 heteroatoms. The third kappa shape index (κ3) is 2.38. The van der Waals surface area contributed by atoms with Crippen LogP contribution in [-0.2, 0) is 0 Å². The van der Waals surface area contributed by atoms with Gasteiger partial charge in [-0.25, -0.2) is 4.39 Å². The van der Waals surface area contributed by atoms with E-state index >= 15 is 0 Å². The van der Waals surface area contributed by atoms with Crippen molar-refractivity contribution in [2.75, 3.05) is 19.5 Å². The van der Waals surface area contributed by atoms with E-state index in [2.05, 4.69) is 5.32 Å². The lowest BCUT2D eigenvalue weighted by molar-refractivity contribution is 0.415. The predicted octanol–water partition coefficient (Wildman–Crippen LogP) is 3.54. The average molecular weight is 231 g/mol. The summed E-state index contributed by atoms with van der Waals surface area (Å²) in [5.74, 6) is 0.563. The van der Waals surface area contributed by atoms with Crippen molar-refractivity contribution in [1.29, 1.82) is 0 Å². The predicted molar refractivity (Wildman–Crippen MR) is 67.9 cm³/mol. The number of methoxy groups -OCH3 is 1. The third-order valence-corrected chi connectivity index (χ3v) is 2.65. The first-order valence-corrected chi connectivity index (χ1v) is 5.36. The maximum atomic E-state index is 13.1. The van der Waals surface area contributed by atoms with E-state index in [4.69, 9.17) is 4.74 Å². The van der Waals surface area contributed by atoms with E-state index in [1.807, 2.05) is 24.3 Å². The van der Waals surface area contributed by atoms with Crippen LogP contribution in [0.4, 0.5) is 10.1 Å². The van der Waals surface area contributed by atoms with Crippen LogP contribution in [0.15, 0.2) is 42.5 Å². The number of ether oxygens (including phenoxy) is 1. The van der Waals surface area contributed by atoms with Gasteiger partial charge in [0.25, 0.3) is 0 Å². The average Bonchev–Trinajstić information content (AvgIpc) is 2.39. The van der Waals surface area contributed by atoms with Crippen LogP contribution in [0.3, 0.4) is 0 Å². The molecule has 0 unspecified atom stereocenters. The molecule has 88 valence electrons. The SMILES string of the molecule is CNc1cc(F)ccc1-c1ccc(OC)cc1. The van der Waals surface area contributed by atoms with Crippen molar-refractivity contribution in [3.8, 4) is 16.9 Å². The van der Waals surface area contributed by atoms with Crippen molar-refractivity contribution >= 4 is 5.69 Å². The molecular formula is C14H14FNO. The third-order valence-electron chi connectivity index (χ3n) is 2.65. The van der Waals surface area contributed by atoms with Crippen LogP contribution in [0.1, 0.15) is 0 Å². The van der Waals surface area contributed by atoms with Crippen LogP contribution in [0, 0.1) is 5.82 Å². The molecule has 0 heterocycles. The van der Waals surface area contributed by atoms with E-state index in [0.29, 0.717) is 0 Å². The molecule has 2 aromatic carbocycles. The smallest absolute Gasteiger partial charge is 0.125 e. The fourth-order valence-electron chi connectivity index (χ4n) is 1.75. The zero-order valence-corrected chi connectivity index (χ0v) is 9.83. The van der Waals surface area contributed by atoms with Crippen molar-refractivity contribution in [3.63, 3.8) is 0 Å². The second-order valence-corrected chi connectivity index (χ2v) is 3.67. The normalized spacial score (nSPS) is 10.1. The van der Waals surface area contributed by atoms with Crippen molar-refractivity contribution in [1.82, 2.24) is 0 Å². The van der Waals surface area contributed by atoms with Gasteiger partial charge in [0.1, 0.15) is 11.6 Å². The number of halogens is 1. The Morgan fingerprint density at radius 1 is 1.06 bits per heavy atom. The van der Waals surface area contributed by atoms with Crippen LogP contribution in [0.2, 0.25) is 0 Å². The van der Waals surface area contributed by atoms with Crippen LogP contribution < -0.4 is 10.1 Å². The topological polar surface area (TPSA) is 21.3 Å². The number of hydrogen-bond acceptors (Lipinski definition) is 2. The highest BCUT2D eigenvalue weighted by atomic mass is 19.1. The summed E-state index contributed by atoms with van der Waals surface area (Å²) in [7, 11) is 3.41. The fraction of sp³-hybridized carbons (Fsp3) is 0.143. The Balaban J connectivity index is 2.44. The highest BCUT2D eigenvalue weighted by Crippen LogP contribution is 2.29. The Labute approximate surface area is 100 Å². The number of benzene rings is 2. The molecule has 0 fully saturated rings. The summed E-state index contributed by atoms with van der Waals surface area (Å²) in [6.45, 7) is 0. The summed E-state index contributed by atoms with van der Waals surface area (Å²) in [6.07, 6.45) is 0. The quantitative estimate of drug-likeness (QED) is 0.872. The summed E-state index contributed by atoms with van der Waals surface area (Å²) in [5, 5.41) is 2.99. The zero-order valence-electron chi connectivity index (χ0n) is 9.83. The van der Waals surface area contributed by atoms with Gasteiger partial charge in [-0.1, -0.05) is 12.1 Å². The monoisotopic (exact) mass is 231 g/mol. The minimum atomic E-state index is -0.244. The Hall–Kier alpha value is -2.03. The minimum Gasteiger partial charge on any atom is -0.497 e. The number of nitrogens with one attached hydrogen (secondary N) is 1. The number of rotatable bonds is 3. The summed E-state index contributed by atoms with van der Waals surface area (Å²) in [6, 6.07) is 12.4. The van der Waals surface area contributed by atoms with Gasteiger partial charge in [-0.3, -0.25) is 0 Å². The molecular weight excluding hydrogens is 217 g/mol. The molecule has 0 aliphatic carbocycles. The molecule has 2 nitrogen and oxygen atoms in total. The van der Waals surface area contributed by atoms with Crippen LogP contribution in [0.5, 0.6) is 5.75 Å². The number of hydrogen-bond donors (Lipinski definition) is 1. The van der Waals surface area contributed by atoms with Crippen LogP contribution in [-0.4, -0.2) is 14.2 Å². The summed E-state index contributed by atoms with van der Waals surface area (Å²) in [5.41, 5.74) is 2.77. The van der Waals surface area contributed by atoms with Gasteiger partial charge in [0.2, 0.25) is 0 Å². The fourth-order valence-corrected chi connectivity index (χ4v) is 1.75. The minimum absolute atomic E-state index is 0.244. The van der Waals surface area contributed by atoms with E-state index in [1.54, 1.807) is 20.2 Å². The number of anilines is 1. The molecule has 0 aliphatic rings. The molecule has 2 aromatic rings. The van der Waals surface area contributed by atoms with Gasteiger partial charge < -0.3 is 10.1 Å². The van der Waals surface area contributed by atoms with Gasteiger partial charge >= 0.3 is 0 Å². The molecule has 0 bridgehead atoms. The lowest BCUT2D eigenvalue weighted by atomic mass is 10.0. The lowest BCUT2D eigenvalue weighted by Crippen LogP contribution is -1.93. The highest BCUT2D eigenvalue weighted by Gasteiger charge is 2.05. The first kappa shape index (κ1) is 11.5. The van der Waals surface area contributed by atoms with E-state index in [-0.39, 0.29) is 5.82 Å². The molecule has 0 saturated heterocycles. The van der Waals surface area contributed by atoms with Gasteiger partial charge in [0.05, 0.1) is 7.11 Å². The Kier molecular flexibility index (Phi) is 3.28. The molecule has 0 amide bonds. The molecule has 1 N–H and O–H groups in total. The van der Waals surface area contributed by atoms with Crippen molar-refractivity contribution in [2.45, 2.75) is 0 Å². The van der Waals surface area contributed by atoms with Gasteiger partial charge in [-0.15, -0.1) is 0 Å². The van der Waals surface area contributed by atoms with Gasteiger partial charge in [0, 0.05) is 18.3 Å². The maximum Gasteiger partial charge on any atom is 0.125 e. The zero-order chi connectivity index (χ0) is 12.3.